The normalized spacial score (nSPS) is 25.4. The summed E-state index contributed by atoms with van der Waals surface area (Å²) in [5.74, 6) is 0. The number of hydrogen-bond acceptors (Lipinski definition) is 6. The molecule has 0 amide bonds. The van der Waals surface area contributed by atoms with Crippen LogP contribution >= 0.6 is 11.3 Å². The quantitative estimate of drug-likeness (QED) is 0.781. The maximum absolute atomic E-state index is 5.98. The lowest BCUT2D eigenvalue weighted by Crippen LogP contribution is -2.41. The van der Waals surface area contributed by atoms with Gasteiger partial charge in [-0.3, -0.25) is 0 Å². The molecule has 3 rings (SSSR count). The molecular formula is C12H18BNO4S. The predicted octanol–water partition coefficient (Wildman–Crippen LogP) is 1.22. The van der Waals surface area contributed by atoms with E-state index in [1.807, 2.05) is 27.7 Å². The highest BCUT2D eigenvalue weighted by Gasteiger charge is 2.52. The van der Waals surface area contributed by atoms with Gasteiger partial charge in [-0.05, 0) is 27.7 Å². The number of nitrogens with zero attached hydrogens (tertiary/aromatic N) is 1. The van der Waals surface area contributed by atoms with Crippen molar-refractivity contribution in [2.24, 2.45) is 0 Å². The van der Waals surface area contributed by atoms with Gasteiger partial charge >= 0.3 is 7.12 Å². The first-order valence-electron chi connectivity index (χ1n) is 6.43. The van der Waals surface area contributed by atoms with E-state index in [1.54, 1.807) is 6.20 Å². The Labute approximate surface area is 117 Å². The zero-order chi connectivity index (χ0) is 13.7. The van der Waals surface area contributed by atoms with Crippen LogP contribution in [-0.4, -0.2) is 42.6 Å². The first-order valence-corrected chi connectivity index (χ1v) is 7.25. The molecule has 2 saturated heterocycles. The van der Waals surface area contributed by atoms with Gasteiger partial charge in [0.2, 0.25) is 0 Å². The van der Waals surface area contributed by atoms with Crippen LogP contribution in [0.2, 0.25) is 0 Å². The van der Waals surface area contributed by atoms with E-state index < -0.39 is 0 Å². The molecule has 0 bridgehead atoms. The minimum absolute atomic E-state index is 0.136. The molecule has 0 aliphatic carbocycles. The highest BCUT2D eigenvalue weighted by molar-refractivity contribution is 7.23. The van der Waals surface area contributed by atoms with Crippen molar-refractivity contribution < 1.29 is 18.8 Å². The van der Waals surface area contributed by atoms with Crippen LogP contribution in [0.5, 0.6) is 5.19 Å². The molecule has 2 aliphatic heterocycles. The van der Waals surface area contributed by atoms with Crippen molar-refractivity contribution in [2.45, 2.75) is 45.0 Å². The van der Waals surface area contributed by atoms with Crippen LogP contribution in [-0.2, 0) is 14.0 Å². The van der Waals surface area contributed by atoms with Gasteiger partial charge in [-0.25, -0.2) is 4.98 Å². The van der Waals surface area contributed by atoms with Crippen molar-refractivity contribution in [2.75, 3.05) is 13.2 Å². The SMILES string of the molecule is CC1(C)OB(c2cnc(OC3COC3)s2)OC1(C)C. The van der Waals surface area contributed by atoms with Crippen molar-refractivity contribution in [3.05, 3.63) is 6.20 Å². The third kappa shape index (κ3) is 2.40. The van der Waals surface area contributed by atoms with Crippen molar-refractivity contribution in [1.29, 1.82) is 0 Å². The zero-order valence-electron chi connectivity index (χ0n) is 11.6. The van der Waals surface area contributed by atoms with Crippen LogP contribution in [0.3, 0.4) is 0 Å². The molecule has 0 saturated carbocycles. The van der Waals surface area contributed by atoms with Gasteiger partial charge in [0.05, 0.1) is 29.2 Å². The number of rotatable bonds is 3. The molecule has 104 valence electrons. The number of ether oxygens (including phenoxy) is 2. The van der Waals surface area contributed by atoms with Crippen LogP contribution in [0.15, 0.2) is 6.20 Å². The van der Waals surface area contributed by atoms with E-state index in [-0.39, 0.29) is 24.4 Å². The largest absolute Gasteiger partial charge is 0.507 e. The van der Waals surface area contributed by atoms with Crippen LogP contribution in [0.25, 0.3) is 0 Å². The van der Waals surface area contributed by atoms with E-state index >= 15 is 0 Å². The minimum Gasteiger partial charge on any atom is -0.462 e. The summed E-state index contributed by atoms with van der Waals surface area (Å²) in [6, 6.07) is 0. The summed E-state index contributed by atoms with van der Waals surface area (Å²) >= 11 is 1.47. The Morgan fingerprint density at radius 3 is 2.42 bits per heavy atom. The van der Waals surface area contributed by atoms with Crippen molar-refractivity contribution >= 4 is 23.2 Å². The van der Waals surface area contributed by atoms with Crippen molar-refractivity contribution in [3.8, 4) is 5.19 Å². The molecular weight excluding hydrogens is 265 g/mol. The van der Waals surface area contributed by atoms with E-state index in [1.165, 1.54) is 11.3 Å². The lowest BCUT2D eigenvalue weighted by molar-refractivity contribution is -0.0797. The average Bonchev–Trinajstić information content (AvgIpc) is 2.77. The summed E-state index contributed by atoms with van der Waals surface area (Å²) < 4.78 is 23.6. The third-order valence-corrected chi connectivity index (χ3v) is 4.77. The molecule has 0 atom stereocenters. The topological polar surface area (TPSA) is 49.8 Å². The number of thiazole rings is 1. The van der Waals surface area contributed by atoms with E-state index in [0.29, 0.717) is 18.4 Å². The molecule has 2 aliphatic rings. The predicted molar refractivity (Wildman–Crippen MR) is 73.1 cm³/mol. The highest BCUT2D eigenvalue weighted by atomic mass is 32.1. The van der Waals surface area contributed by atoms with Gasteiger partial charge in [0.25, 0.3) is 5.19 Å². The molecule has 5 nitrogen and oxygen atoms in total. The second kappa shape index (κ2) is 4.44. The van der Waals surface area contributed by atoms with Gasteiger partial charge in [-0.1, -0.05) is 11.3 Å². The third-order valence-electron chi connectivity index (χ3n) is 3.86. The van der Waals surface area contributed by atoms with E-state index in [4.69, 9.17) is 18.8 Å². The van der Waals surface area contributed by atoms with Gasteiger partial charge in [0.15, 0.2) is 0 Å². The second-order valence-corrected chi connectivity index (χ2v) is 6.92. The molecule has 19 heavy (non-hydrogen) atoms. The highest BCUT2D eigenvalue weighted by Crippen LogP contribution is 2.37. The lowest BCUT2D eigenvalue weighted by Gasteiger charge is -2.32. The van der Waals surface area contributed by atoms with Gasteiger partial charge < -0.3 is 18.8 Å². The molecule has 0 unspecified atom stereocenters. The average molecular weight is 283 g/mol. The fourth-order valence-corrected chi connectivity index (χ4v) is 2.61. The number of hydrogen-bond donors (Lipinski definition) is 0. The Hall–Kier alpha value is -0.625. The first kappa shape index (κ1) is 13.4. The van der Waals surface area contributed by atoms with Gasteiger partial charge in [-0.15, -0.1) is 0 Å². The number of aromatic nitrogens is 1. The van der Waals surface area contributed by atoms with E-state index in [0.717, 1.165) is 4.78 Å². The first-order chi connectivity index (χ1) is 8.87. The fraction of sp³-hybridized carbons (Fsp3) is 0.750. The van der Waals surface area contributed by atoms with Crippen LogP contribution in [0, 0.1) is 0 Å². The van der Waals surface area contributed by atoms with Crippen LogP contribution in [0.4, 0.5) is 0 Å². The lowest BCUT2D eigenvalue weighted by atomic mass is 9.89. The van der Waals surface area contributed by atoms with E-state index in [9.17, 15) is 0 Å². The van der Waals surface area contributed by atoms with Crippen molar-refractivity contribution in [1.82, 2.24) is 4.98 Å². The van der Waals surface area contributed by atoms with Crippen molar-refractivity contribution in [3.63, 3.8) is 0 Å². The summed E-state index contributed by atoms with van der Waals surface area (Å²) in [4.78, 5) is 4.26. The maximum atomic E-state index is 5.98. The molecule has 0 radical (unpaired) electrons. The van der Waals surface area contributed by atoms with Crippen LogP contribution in [0.1, 0.15) is 27.7 Å². The summed E-state index contributed by atoms with van der Waals surface area (Å²) in [5.41, 5.74) is -0.658. The molecule has 1 aromatic rings. The fourth-order valence-electron chi connectivity index (χ4n) is 1.82. The molecule has 7 heteroatoms. The Bertz CT molecular complexity index is 456. The molecule has 0 aromatic carbocycles. The zero-order valence-corrected chi connectivity index (χ0v) is 12.5. The summed E-state index contributed by atoms with van der Waals surface area (Å²) in [5, 5.41) is 0.651. The van der Waals surface area contributed by atoms with E-state index in [2.05, 4.69) is 4.98 Å². The smallest absolute Gasteiger partial charge is 0.462 e. The van der Waals surface area contributed by atoms with Gasteiger partial charge in [-0.2, -0.15) is 0 Å². The Morgan fingerprint density at radius 2 is 1.89 bits per heavy atom. The molecule has 3 heterocycles. The Balaban J connectivity index is 1.70. The van der Waals surface area contributed by atoms with Crippen LogP contribution < -0.4 is 9.51 Å². The minimum atomic E-state index is -0.363. The summed E-state index contributed by atoms with van der Waals surface area (Å²) in [6.07, 6.45) is 1.90. The second-order valence-electron chi connectivity index (χ2n) is 5.89. The maximum Gasteiger partial charge on any atom is 0.507 e. The summed E-state index contributed by atoms with van der Waals surface area (Å²) in [6.45, 7) is 9.44. The Kier molecular flexibility index (Phi) is 3.13. The van der Waals surface area contributed by atoms with Gasteiger partial charge in [0, 0.05) is 6.20 Å². The molecule has 2 fully saturated rings. The standard InChI is InChI=1S/C12H18BNO4S/c1-11(2)12(3,4)18-13(17-11)9-5-14-10(19-9)16-8-6-15-7-8/h5,8H,6-7H2,1-4H3. The molecule has 0 N–H and O–H groups in total. The molecule has 0 spiro atoms. The monoisotopic (exact) mass is 283 g/mol. The summed E-state index contributed by atoms with van der Waals surface area (Å²) in [7, 11) is -0.363. The van der Waals surface area contributed by atoms with Gasteiger partial charge in [0.1, 0.15) is 6.10 Å². The Morgan fingerprint density at radius 1 is 1.26 bits per heavy atom. The molecule has 1 aromatic heterocycles.